The second-order valence-corrected chi connectivity index (χ2v) is 18.2. The van der Waals surface area contributed by atoms with Gasteiger partial charge in [0.25, 0.3) is 0 Å². The topological polar surface area (TPSA) is 149 Å². The van der Waals surface area contributed by atoms with E-state index in [0.717, 1.165) is 5.56 Å². The van der Waals surface area contributed by atoms with E-state index in [-0.39, 0.29) is 17.5 Å². The first kappa shape index (κ1) is 28.0. The van der Waals surface area contributed by atoms with E-state index in [4.69, 9.17) is 28.9 Å². The number of para-hydroxylation sites is 1. The van der Waals surface area contributed by atoms with Crippen molar-refractivity contribution >= 4 is 38.7 Å². The minimum Gasteiger partial charge on any atom is -0.407 e. The van der Waals surface area contributed by atoms with Crippen molar-refractivity contribution in [3.63, 3.8) is 0 Å². The zero-order chi connectivity index (χ0) is 29.0. The quantitative estimate of drug-likeness (QED) is 0.218. The summed E-state index contributed by atoms with van der Waals surface area (Å²) in [5.74, 6) is 0.784. The van der Waals surface area contributed by atoms with Crippen LogP contribution in [0.15, 0.2) is 61.2 Å². The van der Waals surface area contributed by atoms with Crippen molar-refractivity contribution in [1.29, 1.82) is 0 Å². The predicted molar refractivity (Wildman–Crippen MR) is 157 cm³/mol. The first-order chi connectivity index (χ1) is 19.5. The maximum absolute atomic E-state index is 13.9. The zero-order valence-corrected chi connectivity index (χ0v) is 25.5. The Morgan fingerprint density at radius 3 is 2.63 bits per heavy atom. The van der Waals surface area contributed by atoms with Gasteiger partial charge in [0.1, 0.15) is 30.5 Å². The maximum Gasteiger partial charge on any atom is 0.433 e. The molecule has 14 heteroatoms. The first-order valence-electron chi connectivity index (χ1n) is 13.4. The van der Waals surface area contributed by atoms with Crippen LogP contribution in [0.3, 0.4) is 0 Å². The van der Waals surface area contributed by atoms with E-state index in [1.165, 1.54) is 6.33 Å². The van der Waals surface area contributed by atoms with Crippen LogP contribution in [0.2, 0.25) is 18.1 Å². The third-order valence-electron chi connectivity index (χ3n) is 7.91. The van der Waals surface area contributed by atoms with Crippen LogP contribution in [0, 0.1) is 0 Å². The maximum atomic E-state index is 13.9. The number of aromatic nitrogens is 5. The van der Waals surface area contributed by atoms with Gasteiger partial charge in [-0.1, -0.05) is 39.0 Å². The standard InChI is InChI=1S/C27H34N7O5PSi/c1-27(2,3)41(4,5)39-22-21-19(15-36-40(35,38-21)33-18-11-7-6-8-12-18)37-26(22)34-24(17-10-9-13-29-14-17)32-20-23(28)30-16-31-25(20)34/h6-14,16,19,21-22,26H,15H2,1-5H3,(H,33,35)(H2,28,30,31)/t19-,21-,22-,26-,40+/m1/s1. The number of nitrogen functional groups attached to an aromatic ring is 1. The monoisotopic (exact) mass is 595 g/mol. The van der Waals surface area contributed by atoms with E-state index in [1.54, 1.807) is 24.5 Å². The van der Waals surface area contributed by atoms with Gasteiger partial charge < -0.3 is 14.9 Å². The van der Waals surface area contributed by atoms with Crippen molar-refractivity contribution in [3.05, 3.63) is 61.2 Å². The fraction of sp³-hybridized carbons (Fsp3) is 0.407. The SMILES string of the molecule is CC(C)(C)[Si](C)(C)O[C@@H]1[C@@H]2O[P@](=O)(Nc3ccccc3)OC[C@H]2O[C@H]1n1c(-c2cccnc2)nc2c(N)ncnc21. The largest absolute Gasteiger partial charge is 0.433 e. The molecule has 2 aliphatic rings. The van der Waals surface area contributed by atoms with Crippen molar-refractivity contribution in [3.8, 4) is 11.4 Å². The van der Waals surface area contributed by atoms with Gasteiger partial charge in [-0.2, -0.15) is 0 Å². The molecule has 3 aromatic heterocycles. The highest BCUT2D eigenvalue weighted by Crippen LogP contribution is 2.57. The summed E-state index contributed by atoms with van der Waals surface area (Å²) in [5.41, 5.74) is 8.52. The smallest absolute Gasteiger partial charge is 0.407 e. The van der Waals surface area contributed by atoms with Gasteiger partial charge in [-0.05, 0) is 42.4 Å². The molecule has 0 aliphatic carbocycles. The van der Waals surface area contributed by atoms with Crippen LogP contribution in [-0.4, -0.2) is 57.7 Å². The molecule has 4 aromatic rings. The molecule has 1 aromatic carbocycles. The van der Waals surface area contributed by atoms with Crippen LogP contribution in [0.5, 0.6) is 0 Å². The predicted octanol–water partition coefficient (Wildman–Crippen LogP) is 5.39. The van der Waals surface area contributed by atoms with Crippen LogP contribution in [0.4, 0.5) is 11.5 Å². The fourth-order valence-electron chi connectivity index (χ4n) is 4.78. The van der Waals surface area contributed by atoms with Crippen molar-refractivity contribution in [2.45, 2.75) is 63.4 Å². The van der Waals surface area contributed by atoms with Gasteiger partial charge in [0.05, 0.1) is 6.61 Å². The number of nitrogens with two attached hydrogens (primary N) is 1. The molecule has 0 unspecified atom stereocenters. The Labute approximate surface area is 239 Å². The minimum absolute atomic E-state index is 0.0433. The summed E-state index contributed by atoms with van der Waals surface area (Å²) in [6, 6.07) is 12.9. The van der Waals surface area contributed by atoms with E-state index in [2.05, 4.69) is 53.9 Å². The Balaban J connectivity index is 1.46. The number of anilines is 2. The summed E-state index contributed by atoms with van der Waals surface area (Å²) in [6.07, 6.45) is 2.12. The second-order valence-electron chi connectivity index (χ2n) is 11.7. The highest BCUT2D eigenvalue weighted by molar-refractivity contribution is 7.55. The molecule has 216 valence electrons. The van der Waals surface area contributed by atoms with E-state index in [1.807, 2.05) is 34.9 Å². The summed E-state index contributed by atoms with van der Waals surface area (Å²) in [7, 11) is -6.16. The van der Waals surface area contributed by atoms with Crippen LogP contribution in [0.25, 0.3) is 22.6 Å². The molecule has 0 amide bonds. The molecule has 5 heterocycles. The number of rotatable bonds is 6. The number of hydrogen-bond donors (Lipinski definition) is 2. The normalized spacial score (nSPS) is 26.7. The lowest BCUT2D eigenvalue weighted by Gasteiger charge is -2.41. The van der Waals surface area contributed by atoms with Gasteiger partial charge in [0, 0.05) is 23.6 Å². The number of benzene rings is 1. The third kappa shape index (κ3) is 5.18. The molecule has 2 fully saturated rings. The molecular formula is C27H34N7O5PSi. The van der Waals surface area contributed by atoms with Gasteiger partial charge in [-0.3, -0.25) is 23.7 Å². The lowest BCUT2D eigenvalue weighted by molar-refractivity contribution is -0.0569. The second kappa shape index (κ2) is 10.3. The molecule has 41 heavy (non-hydrogen) atoms. The Morgan fingerprint density at radius 1 is 1.15 bits per heavy atom. The Morgan fingerprint density at radius 2 is 1.93 bits per heavy atom. The lowest BCUT2D eigenvalue weighted by Crippen LogP contribution is -2.50. The fourth-order valence-corrected chi connectivity index (χ4v) is 7.62. The minimum atomic E-state index is -3.75. The first-order valence-corrected chi connectivity index (χ1v) is 17.9. The van der Waals surface area contributed by atoms with Crippen molar-refractivity contribution in [2.75, 3.05) is 17.4 Å². The van der Waals surface area contributed by atoms with Crippen LogP contribution >= 0.6 is 7.75 Å². The van der Waals surface area contributed by atoms with Crippen molar-refractivity contribution in [2.24, 2.45) is 0 Å². The molecule has 2 aliphatic heterocycles. The van der Waals surface area contributed by atoms with Crippen molar-refractivity contribution < 1.29 is 22.8 Å². The molecule has 0 saturated carbocycles. The molecular weight excluding hydrogens is 561 g/mol. The van der Waals surface area contributed by atoms with Crippen molar-refractivity contribution in [1.82, 2.24) is 24.5 Å². The number of nitrogens with one attached hydrogen (secondary N) is 1. The molecule has 12 nitrogen and oxygen atoms in total. The Kier molecular flexibility index (Phi) is 7.00. The average molecular weight is 596 g/mol. The van der Waals surface area contributed by atoms with E-state index in [0.29, 0.717) is 22.7 Å². The Hall–Kier alpha value is -3.19. The average Bonchev–Trinajstić information content (AvgIpc) is 3.47. The molecule has 0 radical (unpaired) electrons. The molecule has 0 spiro atoms. The number of fused-ring (bicyclic) bond motifs is 2. The number of pyridine rings is 1. The summed E-state index contributed by atoms with van der Waals surface area (Å²) < 4.78 is 41.5. The highest BCUT2D eigenvalue weighted by atomic mass is 31.2. The molecule has 6 rings (SSSR count). The molecule has 0 bridgehead atoms. The summed E-state index contributed by atoms with van der Waals surface area (Å²) >= 11 is 0. The summed E-state index contributed by atoms with van der Waals surface area (Å²) in [5, 5.41) is 2.83. The Bertz CT molecular complexity index is 1600. The van der Waals surface area contributed by atoms with E-state index < -0.39 is 40.6 Å². The van der Waals surface area contributed by atoms with Crippen LogP contribution < -0.4 is 10.8 Å². The third-order valence-corrected chi connectivity index (χ3v) is 13.9. The highest BCUT2D eigenvalue weighted by Gasteiger charge is 2.57. The summed E-state index contributed by atoms with van der Waals surface area (Å²) in [6.45, 7) is 10.8. The van der Waals surface area contributed by atoms with Crippen LogP contribution in [0.1, 0.15) is 27.0 Å². The van der Waals surface area contributed by atoms with E-state index in [9.17, 15) is 4.57 Å². The number of hydrogen-bond acceptors (Lipinski definition) is 10. The van der Waals surface area contributed by atoms with Gasteiger partial charge in [0.2, 0.25) is 0 Å². The molecule has 3 N–H and O–H groups in total. The molecule has 5 atom stereocenters. The number of imidazole rings is 1. The van der Waals surface area contributed by atoms with E-state index >= 15 is 0 Å². The number of nitrogens with zero attached hydrogens (tertiary/aromatic N) is 5. The zero-order valence-electron chi connectivity index (χ0n) is 23.6. The van der Waals surface area contributed by atoms with Gasteiger partial charge in [0.15, 0.2) is 31.5 Å². The van der Waals surface area contributed by atoms with Crippen LogP contribution in [-0.2, 0) is 22.8 Å². The summed E-state index contributed by atoms with van der Waals surface area (Å²) in [4.78, 5) is 17.8. The number of ether oxygens (including phenoxy) is 1. The molecule has 2 saturated heterocycles. The lowest BCUT2D eigenvalue weighted by atomic mass is 10.1. The van der Waals surface area contributed by atoms with Gasteiger partial charge in [-0.15, -0.1) is 0 Å². The van der Waals surface area contributed by atoms with Gasteiger partial charge >= 0.3 is 7.75 Å². The van der Waals surface area contributed by atoms with Gasteiger partial charge in [-0.25, -0.2) is 19.5 Å².